The van der Waals surface area contributed by atoms with Crippen LogP contribution in [0.4, 0.5) is 20.2 Å². The van der Waals surface area contributed by atoms with E-state index in [9.17, 15) is 18.4 Å². The lowest BCUT2D eigenvalue weighted by Crippen LogP contribution is -2.28. The van der Waals surface area contributed by atoms with Crippen LogP contribution in [-0.4, -0.2) is 22.2 Å². The summed E-state index contributed by atoms with van der Waals surface area (Å²) in [4.78, 5) is 28.2. The topological polar surface area (TPSA) is 70.6 Å². The van der Waals surface area contributed by atoms with Crippen LogP contribution in [-0.2, 0) is 9.59 Å². The highest BCUT2D eigenvalue weighted by molar-refractivity contribution is 8.15. The van der Waals surface area contributed by atoms with Gasteiger partial charge in [-0.25, -0.2) is 13.8 Å². The van der Waals surface area contributed by atoms with E-state index in [0.717, 1.165) is 11.8 Å². The molecule has 128 valence electrons. The summed E-state index contributed by atoms with van der Waals surface area (Å²) in [6.45, 7) is 0. The summed E-state index contributed by atoms with van der Waals surface area (Å²) >= 11 is 1.13. The number of amides is 2. The average Bonchev–Trinajstić information content (AvgIpc) is 2.91. The molecule has 0 spiro atoms. The molecule has 5 nitrogen and oxygen atoms in total. The number of hydrogen-bond donors (Lipinski definition) is 2. The molecule has 2 aromatic carbocycles. The first kappa shape index (κ1) is 17.1. The lowest BCUT2D eigenvalue weighted by molar-refractivity contribution is -0.122. The smallest absolute Gasteiger partial charge is 0.240 e. The third-order valence-corrected chi connectivity index (χ3v) is 4.41. The van der Waals surface area contributed by atoms with E-state index in [1.807, 2.05) is 0 Å². The quantitative estimate of drug-likeness (QED) is 0.878. The van der Waals surface area contributed by atoms with Crippen LogP contribution in [0.15, 0.2) is 53.5 Å². The number of anilines is 1. The highest BCUT2D eigenvalue weighted by atomic mass is 32.2. The molecule has 1 fully saturated rings. The van der Waals surface area contributed by atoms with Gasteiger partial charge in [0.2, 0.25) is 11.8 Å². The molecule has 1 aliphatic rings. The van der Waals surface area contributed by atoms with E-state index in [2.05, 4.69) is 15.6 Å². The number of nitrogens with zero attached hydrogens (tertiary/aromatic N) is 1. The molecule has 3 rings (SSSR count). The third-order valence-electron chi connectivity index (χ3n) is 3.33. The van der Waals surface area contributed by atoms with Crippen LogP contribution in [0.5, 0.6) is 0 Å². The Labute approximate surface area is 146 Å². The first-order chi connectivity index (χ1) is 12.0. The highest BCUT2D eigenvalue weighted by Crippen LogP contribution is 2.25. The number of carbonyl (C=O) groups is 2. The molecule has 1 heterocycles. The van der Waals surface area contributed by atoms with Crippen LogP contribution in [0.1, 0.15) is 6.42 Å². The lowest BCUT2D eigenvalue weighted by atomic mass is 10.2. The Balaban J connectivity index is 1.59. The molecule has 8 heteroatoms. The molecule has 2 amide bonds. The summed E-state index contributed by atoms with van der Waals surface area (Å²) in [6.07, 6.45) is -0.0453. The number of aliphatic imine (C=N–C) groups is 1. The average molecular weight is 361 g/mol. The fourth-order valence-corrected chi connectivity index (χ4v) is 3.13. The van der Waals surface area contributed by atoms with E-state index in [1.54, 1.807) is 0 Å². The Morgan fingerprint density at radius 3 is 2.32 bits per heavy atom. The van der Waals surface area contributed by atoms with Gasteiger partial charge in [-0.05, 0) is 48.5 Å². The van der Waals surface area contributed by atoms with Crippen molar-refractivity contribution in [3.63, 3.8) is 0 Å². The maximum absolute atomic E-state index is 12.9. The number of thioether (sulfide) groups is 1. The minimum Gasteiger partial charge on any atom is -0.326 e. The van der Waals surface area contributed by atoms with E-state index < -0.39 is 11.1 Å². The molecule has 1 saturated heterocycles. The molecule has 1 aliphatic heterocycles. The third kappa shape index (κ3) is 4.63. The number of nitrogens with one attached hydrogen (secondary N) is 2. The lowest BCUT2D eigenvalue weighted by Gasteiger charge is -2.07. The van der Waals surface area contributed by atoms with Gasteiger partial charge in [0, 0.05) is 12.1 Å². The predicted molar refractivity (Wildman–Crippen MR) is 92.7 cm³/mol. The van der Waals surface area contributed by atoms with Gasteiger partial charge in [0.25, 0.3) is 0 Å². The Hall–Kier alpha value is -2.74. The first-order valence-electron chi connectivity index (χ1n) is 7.37. The van der Waals surface area contributed by atoms with Crippen molar-refractivity contribution in [1.82, 2.24) is 5.32 Å². The Morgan fingerprint density at radius 1 is 1.08 bits per heavy atom. The number of benzene rings is 2. The standard InChI is InChI=1S/C17H13F2N3O2S/c18-10-1-5-12(6-2-10)20-15(23)9-14-16(24)22-17(25-14)21-13-7-3-11(19)4-8-13/h1-8,14H,9H2,(H,20,23)(H,21,22,24)/t14-/m0/s1. The normalized spacial score (nSPS) is 18.2. The van der Waals surface area contributed by atoms with Crippen LogP contribution in [0.3, 0.4) is 0 Å². The summed E-state index contributed by atoms with van der Waals surface area (Å²) in [5, 5.41) is 4.95. The second-order valence-electron chi connectivity index (χ2n) is 5.25. The van der Waals surface area contributed by atoms with Crippen molar-refractivity contribution in [1.29, 1.82) is 0 Å². The molecular weight excluding hydrogens is 348 g/mol. The monoisotopic (exact) mass is 361 g/mol. The van der Waals surface area contributed by atoms with Crippen molar-refractivity contribution in [3.05, 3.63) is 60.2 Å². The molecule has 1 atom stereocenters. The molecular formula is C17H13F2N3O2S. The summed E-state index contributed by atoms with van der Waals surface area (Å²) in [5.74, 6) is -1.45. The van der Waals surface area contributed by atoms with Crippen LogP contribution in [0, 0.1) is 11.6 Å². The zero-order chi connectivity index (χ0) is 17.8. The summed E-state index contributed by atoms with van der Waals surface area (Å²) < 4.78 is 25.7. The van der Waals surface area contributed by atoms with E-state index in [0.29, 0.717) is 16.5 Å². The fourth-order valence-electron chi connectivity index (χ4n) is 2.14. The number of halogens is 2. The Bertz CT molecular complexity index is 823. The van der Waals surface area contributed by atoms with Crippen molar-refractivity contribution in [2.24, 2.45) is 4.99 Å². The van der Waals surface area contributed by atoms with Gasteiger partial charge in [0.1, 0.15) is 16.9 Å². The van der Waals surface area contributed by atoms with Gasteiger partial charge in [0.15, 0.2) is 5.17 Å². The number of carbonyl (C=O) groups excluding carboxylic acids is 2. The SMILES string of the molecule is O=C(C[C@@H]1SC(=Nc2ccc(F)cc2)NC1=O)Nc1ccc(F)cc1. The largest absolute Gasteiger partial charge is 0.326 e. The predicted octanol–water partition coefficient (Wildman–Crippen LogP) is 3.21. The van der Waals surface area contributed by atoms with Crippen molar-refractivity contribution in [2.75, 3.05) is 5.32 Å². The van der Waals surface area contributed by atoms with Gasteiger partial charge >= 0.3 is 0 Å². The van der Waals surface area contributed by atoms with Crippen molar-refractivity contribution in [3.8, 4) is 0 Å². The number of amidine groups is 1. The van der Waals surface area contributed by atoms with Gasteiger partial charge in [-0.2, -0.15) is 0 Å². The van der Waals surface area contributed by atoms with Gasteiger partial charge in [-0.15, -0.1) is 0 Å². The van der Waals surface area contributed by atoms with Gasteiger partial charge in [0.05, 0.1) is 5.69 Å². The molecule has 0 saturated carbocycles. The maximum Gasteiger partial charge on any atom is 0.240 e. The molecule has 0 unspecified atom stereocenters. The highest BCUT2D eigenvalue weighted by Gasteiger charge is 2.32. The van der Waals surface area contributed by atoms with Crippen molar-refractivity contribution >= 4 is 40.1 Å². The van der Waals surface area contributed by atoms with Gasteiger partial charge in [-0.1, -0.05) is 11.8 Å². The maximum atomic E-state index is 12.9. The molecule has 0 aromatic heterocycles. The van der Waals surface area contributed by atoms with Crippen molar-refractivity contribution in [2.45, 2.75) is 11.7 Å². The minimum atomic E-state index is -0.611. The van der Waals surface area contributed by atoms with Crippen molar-refractivity contribution < 1.29 is 18.4 Å². The van der Waals surface area contributed by atoms with Crippen LogP contribution in [0.2, 0.25) is 0 Å². The van der Waals surface area contributed by atoms with Crippen LogP contribution < -0.4 is 10.6 Å². The van der Waals surface area contributed by atoms with Gasteiger partial charge in [-0.3, -0.25) is 9.59 Å². The van der Waals surface area contributed by atoms with E-state index in [-0.39, 0.29) is 24.1 Å². The Kier molecular flexibility index (Phi) is 5.08. The van der Waals surface area contributed by atoms with Gasteiger partial charge < -0.3 is 10.6 Å². The molecule has 0 bridgehead atoms. The van der Waals surface area contributed by atoms with E-state index in [4.69, 9.17) is 0 Å². The summed E-state index contributed by atoms with van der Waals surface area (Å²) in [5.41, 5.74) is 0.954. The minimum absolute atomic E-state index is 0.0453. The second-order valence-corrected chi connectivity index (χ2v) is 6.44. The summed E-state index contributed by atoms with van der Waals surface area (Å²) in [7, 11) is 0. The van der Waals surface area contributed by atoms with E-state index >= 15 is 0 Å². The zero-order valence-corrected chi connectivity index (χ0v) is 13.6. The molecule has 0 aliphatic carbocycles. The molecule has 2 aromatic rings. The zero-order valence-electron chi connectivity index (χ0n) is 12.8. The van der Waals surface area contributed by atoms with Crippen LogP contribution >= 0.6 is 11.8 Å². The van der Waals surface area contributed by atoms with Crippen LogP contribution in [0.25, 0.3) is 0 Å². The number of rotatable bonds is 4. The first-order valence-corrected chi connectivity index (χ1v) is 8.25. The Morgan fingerprint density at radius 2 is 1.68 bits per heavy atom. The fraction of sp³-hybridized carbons (Fsp3) is 0.118. The molecule has 0 radical (unpaired) electrons. The summed E-state index contributed by atoms with van der Waals surface area (Å²) in [6, 6.07) is 10.9. The number of hydrogen-bond acceptors (Lipinski definition) is 4. The second kappa shape index (κ2) is 7.43. The van der Waals surface area contributed by atoms with E-state index in [1.165, 1.54) is 48.5 Å². The molecule has 25 heavy (non-hydrogen) atoms. The molecule has 2 N–H and O–H groups in total.